The first kappa shape index (κ1) is 15.8. The minimum absolute atomic E-state index is 0.230. The number of amides is 2. The van der Waals surface area contributed by atoms with Gasteiger partial charge in [0.05, 0.1) is 11.1 Å². The molecule has 1 fully saturated rings. The van der Waals surface area contributed by atoms with E-state index in [4.69, 9.17) is 23.2 Å². The van der Waals surface area contributed by atoms with Crippen molar-refractivity contribution in [2.24, 2.45) is 5.41 Å². The van der Waals surface area contributed by atoms with E-state index in [1.807, 2.05) is 30.3 Å². The number of hydrazine groups is 1. The first-order chi connectivity index (χ1) is 10.8. The minimum atomic E-state index is -1.09. The molecule has 2 aromatic rings. The van der Waals surface area contributed by atoms with Gasteiger partial charge in [-0.1, -0.05) is 30.3 Å². The summed E-state index contributed by atoms with van der Waals surface area (Å²) in [6, 6.07) is 11.0. The third-order valence-corrected chi connectivity index (χ3v) is 5.04. The topological polar surface area (TPSA) is 86.9 Å². The minimum Gasteiger partial charge on any atom is -0.273 e. The molecule has 120 valence electrons. The van der Waals surface area contributed by atoms with Crippen molar-refractivity contribution in [2.45, 2.75) is 17.7 Å². The Balaban J connectivity index is 1.62. The molecule has 1 aliphatic rings. The van der Waals surface area contributed by atoms with Gasteiger partial charge >= 0.3 is 0 Å². The second kappa shape index (κ2) is 5.54. The molecule has 3 N–H and O–H groups in total. The van der Waals surface area contributed by atoms with Crippen LogP contribution in [0.5, 0.6) is 0 Å². The summed E-state index contributed by atoms with van der Waals surface area (Å²) in [4.78, 5) is 24.0. The van der Waals surface area contributed by atoms with Gasteiger partial charge in [-0.2, -0.15) is 5.10 Å². The van der Waals surface area contributed by atoms with Crippen LogP contribution in [0.3, 0.4) is 0 Å². The van der Waals surface area contributed by atoms with Gasteiger partial charge in [0.1, 0.15) is 10.0 Å². The largest absolute Gasteiger partial charge is 0.287 e. The number of carbonyl (C=O) groups is 2. The SMILES string of the molecule is CC1(C(=O)NNC(=O)c2cc(-c3ccccc3)n[nH]2)CC1(Cl)Cl. The van der Waals surface area contributed by atoms with Crippen LogP contribution in [0, 0.1) is 5.41 Å². The fourth-order valence-corrected chi connectivity index (χ4v) is 2.87. The summed E-state index contributed by atoms with van der Waals surface area (Å²) in [6.45, 7) is 1.64. The zero-order chi connectivity index (χ0) is 16.7. The monoisotopic (exact) mass is 352 g/mol. The van der Waals surface area contributed by atoms with Gasteiger partial charge in [-0.15, -0.1) is 23.2 Å². The number of carbonyl (C=O) groups excluding carboxylic acids is 2. The molecule has 0 radical (unpaired) electrons. The molecule has 1 aromatic carbocycles. The van der Waals surface area contributed by atoms with Crippen LogP contribution in [0.15, 0.2) is 36.4 Å². The highest BCUT2D eigenvalue weighted by Crippen LogP contribution is 2.63. The van der Waals surface area contributed by atoms with Gasteiger partial charge in [0.2, 0.25) is 5.91 Å². The van der Waals surface area contributed by atoms with Gasteiger partial charge in [-0.3, -0.25) is 25.5 Å². The maximum atomic E-state index is 12.0. The first-order valence-corrected chi connectivity index (χ1v) is 7.68. The smallest absolute Gasteiger partial charge is 0.273 e. The molecule has 1 atom stereocenters. The Morgan fingerprint density at radius 2 is 1.87 bits per heavy atom. The highest BCUT2D eigenvalue weighted by molar-refractivity contribution is 6.53. The molecule has 3 rings (SSSR count). The van der Waals surface area contributed by atoms with Crippen LogP contribution in [0.1, 0.15) is 23.8 Å². The summed E-state index contributed by atoms with van der Waals surface area (Å²) in [5.74, 6) is -0.939. The predicted octanol–water partition coefficient (Wildman–Crippen LogP) is 2.42. The molecule has 2 amide bonds. The molecule has 8 heteroatoms. The molecule has 0 spiro atoms. The number of rotatable bonds is 3. The van der Waals surface area contributed by atoms with E-state index in [9.17, 15) is 9.59 Å². The maximum Gasteiger partial charge on any atom is 0.287 e. The molecule has 1 aliphatic carbocycles. The van der Waals surface area contributed by atoms with Crippen molar-refractivity contribution in [3.8, 4) is 11.3 Å². The molecule has 0 bridgehead atoms. The van der Waals surface area contributed by atoms with Crippen LogP contribution < -0.4 is 10.9 Å². The summed E-state index contributed by atoms with van der Waals surface area (Å²) in [5, 5.41) is 6.71. The van der Waals surface area contributed by atoms with Crippen LogP contribution in [-0.4, -0.2) is 26.3 Å². The highest BCUT2D eigenvalue weighted by atomic mass is 35.5. The Morgan fingerprint density at radius 1 is 1.22 bits per heavy atom. The average molecular weight is 353 g/mol. The molecule has 0 aliphatic heterocycles. The zero-order valence-electron chi connectivity index (χ0n) is 12.2. The van der Waals surface area contributed by atoms with Crippen LogP contribution in [0.25, 0.3) is 11.3 Å². The van der Waals surface area contributed by atoms with Gasteiger partial charge in [0.15, 0.2) is 0 Å². The molecular formula is C15H14Cl2N4O2. The molecule has 23 heavy (non-hydrogen) atoms. The summed E-state index contributed by atoms with van der Waals surface area (Å²) in [5.41, 5.74) is 5.50. The number of benzene rings is 1. The number of nitrogens with one attached hydrogen (secondary N) is 3. The third-order valence-electron chi connectivity index (χ3n) is 3.94. The number of hydrogen-bond donors (Lipinski definition) is 3. The van der Waals surface area contributed by atoms with Crippen LogP contribution in [0.2, 0.25) is 0 Å². The van der Waals surface area contributed by atoms with Crippen molar-refractivity contribution in [2.75, 3.05) is 0 Å². The number of aromatic amines is 1. The number of H-pyrrole nitrogens is 1. The highest BCUT2D eigenvalue weighted by Gasteiger charge is 2.68. The predicted molar refractivity (Wildman–Crippen MR) is 86.8 cm³/mol. The van der Waals surface area contributed by atoms with Gasteiger partial charge in [-0.25, -0.2) is 0 Å². The molecule has 1 saturated carbocycles. The normalized spacial score (nSPS) is 21.5. The average Bonchev–Trinajstić information content (AvgIpc) is 2.92. The van der Waals surface area contributed by atoms with E-state index in [0.29, 0.717) is 12.1 Å². The lowest BCUT2D eigenvalue weighted by Gasteiger charge is -2.12. The number of nitrogens with zero attached hydrogens (tertiary/aromatic N) is 1. The van der Waals surface area contributed by atoms with Crippen molar-refractivity contribution in [1.82, 2.24) is 21.0 Å². The third kappa shape index (κ3) is 2.92. The zero-order valence-corrected chi connectivity index (χ0v) is 13.7. The van der Waals surface area contributed by atoms with Crippen molar-refractivity contribution in [1.29, 1.82) is 0 Å². The summed E-state index contributed by atoms with van der Waals surface area (Å²) < 4.78 is -1.09. The van der Waals surface area contributed by atoms with Crippen LogP contribution in [0.4, 0.5) is 0 Å². The van der Waals surface area contributed by atoms with Gasteiger partial charge in [-0.05, 0) is 19.4 Å². The molecule has 1 heterocycles. The Hall–Kier alpha value is -2.05. The molecule has 1 aromatic heterocycles. The Morgan fingerprint density at radius 3 is 2.48 bits per heavy atom. The number of aromatic nitrogens is 2. The van der Waals surface area contributed by atoms with Gasteiger partial charge in [0, 0.05) is 5.56 Å². The molecule has 6 nitrogen and oxygen atoms in total. The quantitative estimate of drug-likeness (QED) is 0.585. The van der Waals surface area contributed by atoms with E-state index in [1.54, 1.807) is 13.0 Å². The standard InChI is InChI=1S/C15H14Cl2N4O2/c1-14(8-15(14,16)17)13(23)21-20-12(22)11-7-10(18-19-11)9-5-3-2-4-6-9/h2-7H,8H2,1H3,(H,18,19)(H,20,22)(H,21,23). The van der Waals surface area contributed by atoms with Gasteiger partial charge < -0.3 is 0 Å². The number of alkyl halides is 2. The van der Waals surface area contributed by atoms with Gasteiger partial charge in [0.25, 0.3) is 5.91 Å². The van der Waals surface area contributed by atoms with Crippen LogP contribution in [-0.2, 0) is 4.79 Å². The van der Waals surface area contributed by atoms with Crippen molar-refractivity contribution < 1.29 is 9.59 Å². The van der Waals surface area contributed by atoms with E-state index >= 15 is 0 Å². The molecular weight excluding hydrogens is 339 g/mol. The van der Waals surface area contributed by atoms with E-state index in [-0.39, 0.29) is 5.69 Å². The molecule has 0 saturated heterocycles. The van der Waals surface area contributed by atoms with Crippen molar-refractivity contribution in [3.63, 3.8) is 0 Å². The lowest BCUT2D eigenvalue weighted by molar-refractivity contribution is -0.126. The Kier molecular flexibility index (Phi) is 3.82. The van der Waals surface area contributed by atoms with Crippen molar-refractivity contribution in [3.05, 3.63) is 42.1 Å². The van der Waals surface area contributed by atoms with E-state index in [1.165, 1.54) is 0 Å². The fourth-order valence-electron chi connectivity index (χ4n) is 2.16. The van der Waals surface area contributed by atoms with E-state index in [2.05, 4.69) is 21.0 Å². The second-order valence-corrected chi connectivity index (χ2v) is 7.14. The number of hydrogen-bond acceptors (Lipinski definition) is 3. The second-order valence-electron chi connectivity index (χ2n) is 5.65. The first-order valence-electron chi connectivity index (χ1n) is 6.93. The van der Waals surface area contributed by atoms with E-state index in [0.717, 1.165) is 5.56 Å². The fraction of sp³-hybridized carbons (Fsp3) is 0.267. The van der Waals surface area contributed by atoms with E-state index < -0.39 is 21.6 Å². The number of halogens is 2. The lowest BCUT2D eigenvalue weighted by Crippen LogP contribution is -2.45. The maximum absolute atomic E-state index is 12.0. The molecule has 1 unspecified atom stereocenters. The lowest BCUT2D eigenvalue weighted by atomic mass is 10.1. The van der Waals surface area contributed by atoms with Crippen molar-refractivity contribution >= 4 is 35.0 Å². The summed E-state index contributed by atoms with van der Waals surface area (Å²) in [7, 11) is 0. The summed E-state index contributed by atoms with van der Waals surface area (Å²) in [6.07, 6.45) is 0.340. The summed E-state index contributed by atoms with van der Waals surface area (Å²) >= 11 is 11.8. The Bertz CT molecular complexity index is 760. The van der Waals surface area contributed by atoms with Crippen LogP contribution >= 0.6 is 23.2 Å². The Labute approximate surface area is 142 Å².